The fraction of sp³-hybridized carbons (Fsp3) is 0.417. The molecule has 0 bridgehead atoms. The molecule has 0 aliphatic rings. The number of nitrogens with one attached hydrogen (secondary N) is 1. The second-order valence-corrected chi connectivity index (χ2v) is 3.93. The van der Waals surface area contributed by atoms with E-state index < -0.39 is 24.7 Å². The SMILES string of the molecule is C[C@@H](CC(F)(F)F)NC(=O)OCc1ccccc1. The summed E-state index contributed by atoms with van der Waals surface area (Å²) in [6.07, 6.45) is -6.23. The first-order valence-electron chi connectivity index (χ1n) is 5.41. The fourth-order valence-electron chi connectivity index (χ4n) is 1.36. The maximum absolute atomic E-state index is 12.0. The van der Waals surface area contributed by atoms with Gasteiger partial charge in [-0.15, -0.1) is 0 Å². The van der Waals surface area contributed by atoms with Crippen molar-refractivity contribution < 1.29 is 22.7 Å². The van der Waals surface area contributed by atoms with Gasteiger partial charge in [0, 0.05) is 6.04 Å². The van der Waals surface area contributed by atoms with Crippen LogP contribution in [0.15, 0.2) is 30.3 Å². The van der Waals surface area contributed by atoms with E-state index in [2.05, 4.69) is 5.32 Å². The molecule has 1 aromatic rings. The molecule has 1 atom stereocenters. The smallest absolute Gasteiger partial charge is 0.407 e. The third kappa shape index (κ3) is 6.12. The van der Waals surface area contributed by atoms with Gasteiger partial charge in [-0.2, -0.15) is 13.2 Å². The first kappa shape index (κ1) is 14.3. The summed E-state index contributed by atoms with van der Waals surface area (Å²) in [5, 5.41) is 2.13. The molecule has 3 nitrogen and oxygen atoms in total. The summed E-state index contributed by atoms with van der Waals surface area (Å²) >= 11 is 0. The van der Waals surface area contributed by atoms with Crippen LogP contribution in [0.5, 0.6) is 0 Å². The van der Waals surface area contributed by atoms with Crippen LogP contribution in [0.3, 0.4) is 0 Å². The molecule has 0 aliphatic heterocycles. The molecule has 100 valence electrons. The molecule has 1 rings (SSSR count). The Kier molecular flexibility index (Phi) is 5.00. The molecular formula is C12H14F3NO2. The van der Waals surface area contributed by atoms with Gasteiger partial charge >= 0.3 is 12.3 Å². The van der Waals surface area contributed by atoms with Crippen LogP contribution in [-0.4, -0.2) is 18.3 Å². The molecule has 6 heteroatoms. The van der Waals surface area contributed by atoms with Crippen LogP contribution in [0, 0.1) is 0 Å². The number of rotatable bonds is 4. The van der Waals surface area contributed by atoms with Gasteiger partial charge in [-0.3, -0.25) is 0 Å². The minimum Gasteiger partial charge on any atom is -0.445 e. The number of carbonyl (C=O) groups is 1. The van der Waals surface area contributed by atoms with Crippen molar-refractivity contribution in [2.45, 2.75) is 32.2 Å². The van der Waals surface area contributed by atoms with E-state index in [1.54, 1.807) is 24.3 Å². The Morgan fingerprint density at radius 1 is 1.33 bits per heavy atom. The average Bonchev–Trinajstić information content (AvgIpc) is 2.25. The number of halogens is 3. The molecule has 0 saturated heterocycles. The van der Waals surface area contributed by atoms with Crippen molar-refractivity contribution in [1.29, 1.82) is 0 Å². The Morgan fingerprint density at radius 2 is 1.94 bits per heavy atom. The molecular weight excluding hydrogens is 247 g/mol. The number of amides is 1. The summed E-state index contributed by atoms with van der Waals surface area (Å²) in [6.45, 7) is 1.31. The number of hydrogen-bond acceptors (Lipinski definition) is 2. The highest BCUT2D eigenvalue weighted by molar-refractivity contribution is 5.67. The topological polar surface area (TPSA) is 38.3 Å². The van der Waals surface area contributed by atoms with Gasteiger partial charge in [0.25, 0.3) is 0 Å². The third-order valence-corrected chi connectivity index (χ3v) is 2.11. The van der Waals surface area contributed by atoms with Crippen molar-refractivity contribution in [1.82, 2.24) is 5.32 Å². The van der Waals surface area contributed by atoms with Crippen molar-refractivity contribution in [3.63, 3.8) is 0 Å². The van der Waals surface area contributed by atoms with Gasteiger partial charge in [0.1, 0.15) is 6.61 Å². The van der Waals surface area contributed by atoms with Crippen LogP contribution in [0.4, 0.5) is 18.0 Å². The highest BCUT2D eigenvalue weighted by Gasteiger charge is 2.30. The van der Waals surface area contributed by atoms with E-state index in [1.807, 2.05) is 6.07 Å². The Labute approximate surface area is 103 Å². The summed E-state index contributed by atoms with van der Waals surface area (Å²) in [7, 11) is 0. The zero-order valence-corrected chi connectivity index (χ0v) is 9.83. The minimum atomic E-state index is -4.30. The summed E-state index contributed by atoms with van der Waals surface area (Å²) in [4.78, 5) is 11.2. The highest BCUT2D eigenvalue weighted by atomic mass is 19.4. The Morgan fingerprint density at radius 3 is 2.50 bits per heavy atom. The lowest BCUT2D eigenvalue weighted by atomic mass is 10.2. The zero-order chi connectivity index (χ0) is 13.6. The lowest BCUT2D eigenvalue weighted by molar-refractivity contribution is -0.138. The van der Waals surface area contributed by atoms with Crippen LogP contribution in [0.1, 0.15) is 18.9 Å². The highest BCUT2D eigenvalue weighted by Crippen LogP contribution is 2.21. The lowest BCUT2D eigenvalue weighted by Gasteiger charge is -2.15. The molecule has 1 amide bonds. The summed E-state index contributed by atoms with van der Waals surface area (Å²) in [5.74, 6) is 0. The van der Waals surface area contributed by atoms with Gasteiger partial charge in [0.05, 0.1) is 6.42 Å². The van der Waals surface area contributed by atoms with Crippen molar-refractivity contribution in [2.24, 2.45) is 0 Å². The quantitative estimate of drug-likeness (QED) is 0.903. The van der Waals surface area contributed by atoms with Gasteiger partial charge in [-0.1, -0.05) is 30.3 Å². The summed E-state index contributed by atoms with van der Waals surface area (Å²) < 4.78 is 40.8. The Bertz CT molecular complexity index is 379. The van der Waals surface area contributed by atoms with Crippen LogP contribution in [0.2, 0.25) is 0 Å². The average molecular weight is 261 g/mol. The Hall–Kier alpha value is -1.72. The molecule has 0 aromatic heterocycles. The zero-order valence-electron chi connectivity index (χ0n) is 9.83. The Balaban J connectivity index is 2.30. The number of ether oxygens (including phenoxy) is 1. The van der Waals surface area contributed by atoms with E-state index in [0.717, 1.165) is 5.56 Å². The van der Waals surface area contributed by atoms with Crippen LogP contribution in [0.25, 0.3) is 0 Å². The molecule has 0 aliphatic carbocycles. The minimum absolute atomic E-state index is 0.0331. The maximum atomic E-state index is 12.0. The predicted octanol–water partition coefficient (Wildman–Crippen LogP) is 3.25. The van der Waals surface area contributed by atoms with Gasteiger partial charge in [-0.05, 0) is 12.5 Å². The van der Waals surface area contributed by atoms with Crippen molar-refractivity contribution in [3.05, 3.63) is 35.9 Å². The normalized spacial score (nSPS) is 12.9. The molecule has 0 heterocycles. The standard InChI is InChI=1S/C12H14F3NO2/c1-9(7-12(13,14)15)16-11(17)18-8-10-5-3-2-4-6-10/h2-6,9H,7-8H2,1H3,(H,16,17)/t9-/m0/s1. The molecule has 1 N–H and O–H groups in total. The van der Waals surface area contributed by atoms with Gasteiger partial charge < -0.3 is 10.1 Å². The van der Waals surface area contributed by atoms with Crippen LogP contribution >= 0.6 is 0 Å². The monoisotopic (exact) mass is 261 g/mol. The number of alkyl halides is 3. The van der Waals surface area contributed by atoms with Crippen molar-refractivity contribution in [2.75, 3.05) is 0 Å². The molecule has 0 unspecified atom stereocenters. The summed E-state index contributed by atoms with van der Waals surface area (Å²) in [5.41, 5.74) is 0.774. The predicted molar refractivity (Wildman–Crippen MR) is 59.9 cm³/mol. The van der Waals surface area contributed by atoms with Crippen molar-refractivity contribution >= 4 is 6.09 Å². The molecule has 0 fully saturated rings. The molecule has 0 saturated carbocycles. The molecule has 18 heavy (non-hydrogen) atoms. The van der Waals surface area contributed by atoms with Gasteiger partial charge in [0.15, 0.2) is 0 Å². The maximum Gasteiger partial charge on any atom is 0.407 e. The number of benzene rings is 1. The van der Waals surface area contributed by atoms with Gasteiger partial charge in [-0.25, -0.2) is 4.79 Å². The largest absolute Gasteiger partial charge is 0.445 e. The van der Waals surface area contributed by atoms with E-state index in [-0.39, 0.29) is 6.61 Å². The fourth-order valence-corrected chi connectivity index (χ4v) is 1.36. The van der Waals surface area contributed by atoms with E-state index in [4.69, 9.17) is 4.74 Å². The van der Waals surface area contributed by atoms with Crippen molar-refractivity contribution in [3.8, 4) is 0 Å². The number of hydrogen-bond donors (Lipinski definition) is 1. The molecule has 0 radical (unpaired) electrons. The first-order chi connectivity index (χ1) is 8.37. The molecule has 0 spiro atoms. The van der Waals surface area contributed by atoms with Gasteiger partial charge in [0.2, 0.25) is 0 Å². The van der Waals surface area contributed by atoms with E-state index in [9.17, 15) is 18.0 Å². The second-order valence-electron chi connectivity index (χ2n) is 3.93. The second kappa shape index (κ2) is 6.28. The van der Waals surface area contributed by atoms with Crippen LogP contribution in [-0.2, 0) is 11.3 Å². The number of alkyl carbamates (subject to hydrolysis) is 1. The first-order valence-corrected chi connectivity index (χ1v) is 5.41. The van der Waals surface area contributed by atoms with E-state index in [1.165, 1.54) is 6.92 Å². The van der Waals surface area contributed by atoms with Crippen LogP contribution < -0.4 is 5.32 Å². The lowest BCUT2D eigenvalue weighted by Crippen LogP contribution is -2.36. The molecule has 1 aromatic carbocycles. The van der Waals surface area contributed by atoms with E-state index in [0.29, 0.717) is 0 Å². The number of carbonyl (C=O) groups excluding carboxylic acids is 1. The third-order valence-electron chi connectivity index (χ3n) is 2.11. The summed E-state index contributed by atoms with van der Waals surface area (Å²) in [6, 6.07) is 7.88. The van der Waals surface area contributed by atoms with E-state index >= 15 is 0 Å².